The number of aliphatic hydroxyl groups is 1. The van der Waals surface area contributed by atoms with Gasteiger partial charge in [-0.1, -0.05) is 67.6 Å². The molecule has 0 amide bonds. The molecule has 0 unspecified atom stereocenters. The molecule has 1 saturated heterocycles. The number of piperidine rings is 1. The smallest absolute Gasteiger partial charge is 0.178 e. The third kappa shape index (κ3) is 5.35. The number of rotatable bonds is 7. The van der Waals surface area contributed by atoms with Crippen LogP contribution in [0.1, 0.15) is 37.3 Å². The molecule has 6 nitrogen and oxygen atoms in total. The van der Waals surface area contributed by atoms with Crippen LogP contribution in [0.15, 0.2) is 94.8 Å². The normalized spacial score (nSPS) is 15.5. The van der Waals surface area contributed by atoms with Crippen molar-refractivity contribution in [2.75, 3.05) is 18.8 Å². The van der Waals surface area contributed by atoms with Crippen LogP contribution in [0, 0.1) is 17.2 Å². The van der Waals surface area contributed by atoms with Gasteiger partial charge in [-0.2, -0.15) is 5.26 Å². The lowest BCUT2D eigenvalue weighted by Gasteiger charge is -2.43. The van der Waals surface area contributed by atoms with Gasteiger partial charge < -0.3 is 10.0 Å². The number of sulfone groups is 1. The number of likely N-dealkylation sites (tertiary alicyclic amines) is 1. The lowest BCUT2D eigenvalue weighted by Crippen LogP contribution is -2.46. The van der Waals surface area contributed by atoms with E-state index in [0.717, 1.165) is 24.0 Å². The van der Waals surface area contributed by atoms with Gasteiger partial charge >= 0.3 is 0 Å². The molecule has 0 bridgehead atoms. The Labute approximate surface area is 213 Å². The monoisotopic (exact) mass is 501 g/mol. The molecule has 0 spiro atoms. The van der Waals surface area contributed by atoms with Gasteiger partial charge in [0.05, 0.1) is 28.8 Å². The number of amidine groups is 1. The number of benzene rings is 3. The first kappa shape index (κ1) is 25.6. The van der Waals surface area contributed by atoms with Crippen LogP contribution in [-0.4, -0.2) is 43.1 Å². The van der Waals surface area contributed by atoms with Crippen molar-refractivity contribution in [1.82, 2.24) is 4.90 Å². The maximum atomic E-state index is 12.1. The van der Waals surface area contributed by atoms with E-state index in [4.69, 9.17) is 0 Å². The van der Waals surface area contributed by atoms with Crippen molar-refractivity contribution >= 4 is 21.4 Å². The summed E-state index contributed by atoms with van der Waals surface area (Å²) in [5.41, 5.74) is 1.26. The fourth-order valence-corrected chi connectivity index (χ4v) is 5.80. The van der Waals surface area contributed by atoms with Gasteiger partial charge in [-0.25, -0.2) is 13.4 Å². The fourth-order valence-electron chi connectivity index (χ4n) is 4.91. The zero-order chi connectivity index (χ0) is 25.6. The Morgan fingerprint density at radius 2 is 1.50 bits per heavy atom. The number of aliphatic imine (C=N–C) groups is 1. The third-order valence-corrected chi connectivity index (χ3v) is 8.70. The Bertz CT molecular complexity index is 1280. The van der Waals surface area contributed by atoms with Crippen LogP contribution in [0.4, 0.5) is 5.69 Å². The summed E-state index contributed by atoms with van der Waals surface area (Å²) in [5, 5.41) is 21.5. The summed E-state index contributed by atoms with van der Waals surface area (Å²) >= 11 is 0. The highest BCUT2D eigenvalue weighted by Crippen LogP contribution is 2.42. The first-order valence-electron chi connectivity index (χ1n) is 12.2. The fraction of sp³-hybridized carbons (Fsp3) is 0.310. The Balaban J connectivity index is 1.56. The van der Waals surface area contributed by atoms with E-state index in [1.54, 1.807) is 31.2 Å². The number of nitriles is 1. The molecule has 1 fully saturated rings. The molecule has 7 heteroatoms. The molecule has 1 heterocycles. The van der Waals surface area contributed by atoms with Crippen molar-refractivity contribution in [3.8, 4) is 6.07 Å². The average molecular weight is 502 g/mol. The Morgan fingerprint density at radius 1 is 0.972 bits per heavy atom. The summed E-state index contributed by atoms with van der Waals surface area (Å²) < 4.78 is 24.2. The van der Waals surface area contributed by atoms with Gasteiger partial charge in [-0.05, 0) is 54.2 Å². The molecule has 3 aromatic carbocycles. The van der Waals surface area contributed by atoms with E-state index in [0.29, 0.717) is 24.6 Å². The van der Waals surface area contributed by atoms with Crippen LogP contribution >= 0.6 is 0 Å². The minimum atomic E-state index is -3.28. The molecule has 1 aliphatic heterocycles. The molecule has 0 aromatic heterocycles. The van der Waals surface area contributed by atoms with Gasteiger partial charge in [0.15, 0.2) is 9.84 Å². The molecule has 1 N–H and O–H groups in total. The van der Waals surface area contributed by atoms with Crippen molar-refractivity contribution in [3.63, 3.8) is 0 Å². The quantitative estimate of drug-likeness (QED) is 0.360. The van der Waals surface area contributed by atoms with E-state index >= 15 is 0 Å². The van der Waals surface area contributed by atoms with Gasteiger partial charge in [0.2, 0.25) is 0 Å². The van der Waals surface area contributed by atoms with Crippen molar-refractivity contribution in [3.05, 3.63) is 96.1 Å². The van der Waals surface area contributed by atoms with Crippen LogP contribution < -0.4 is 0 Å². The zero-order valence-corrected chi connectivity index (χ0v) is 21.2. The highest BCUT2D eigenvalue weighted by Gasteiger charge is 2.41. The lowest BCUT2D eigenvalue weighted by atomic mass is 9.72. The highest BCUT2D eigenvalue weighted by molar-refractivity contribution is 7.91. The number of hydrogen-bond acceptors (Lipinski definition) is 5. The van der Waals surface area contributed by atoms with Crippen molar-refractivity contribution < 1.29 is 13.5 Å². The predicted octanol–water partition coefficient (Wildman–Crippen LogP) is 5.07. The Morgan fingerprint density at radius 3 is 1.97 bits per heavy atom. The molecular weight excluding hydrogens is 470 g/mol. The second-order valence-corrected chi connectivity index (χ2v) is 11.3. The van der Waals surface area contributed by atoms with Crippen molar-refractivity contribution in [1.29, 1.82) is 5.26 Å². The standard InChI is InChI=1S/C29H31N3O3S/c1-2-36(34,35)27-15-13-26(14-16-27)31-28(17-20-30)32-21-18-25(19-22-32)29(33,23-9-5-3-6-10-23)24-11-7-4-8-12-24/h3-16,25,33H,2,17-19,21-22H2,1H3. The van der Waals surface area contributed by atoms with Crippen LogP contribution in [0.25, 0.3) is 0 Å². The van der Waals surface area contributed by atoms with Crippen LogP contribution in [0.2, 0.25) is 0 Å². The summed E-state index contributed by atoms with van der Waals surface area (Å²) in [6.45, 7) is 2.94. The minimum absolute atomic E-state index is 0.000389. The molecule has 1 aliphatic rings. The van der Waals surface area contributed by atoms with E-state index in [2.05, 4.69) is 16.0 Å². The van der Waals surface area contributed by atoms with Crippen LogP contribution in [0.3, 0.4) is 0 Å². The zero-order valence-electron chi connectivity index (χ0n) is 20.4. The molecule has 3 aromatic rings. The van der Waals surface area contributed by atoms with E-state index < -0.39 is 15.4 Å². The average Bonchev–Trinajstić information content (AvgIpc) is 2.94. The second kappa shape index (κ2) is 11.1. The third-order valence-electron chi connectivity index (χ3n) is 6.95. The summed E-state index contributed by atoms with van der Waals surface area (Å²) in [4.78, 5) is 7.06. The van der Waals surface area contributed by atoms with E-state index in [9.17, 15) is 18.8 Å². The van der Waals surface area contributed by atoms with Crippen LogP contribution in [-0.2, 0) is 15.4 Å². The SMILES string of the molecule is CCS(=O)(=O)c1ccc(N=C(CC#N)N2CCC(C(O)(c3ccccc3)c3ccccc3)CC2)cc1. The topological polar surface area (TPSA) is 93.8 Å². The Hall–Kier alpha value is -3.47. The van der Waals surface area contributed by atoms with Gasteiger partial charge in [0.25, 0.3) is 0 Å². The van der Waals surface area contributed by atoms with Gasteiger partial charge in [0, 0.05) is 13.1 Å². The maximum absolute atomic E-state index is 12.1. The molecule has 4 rings (SSSR count). The van der Waals surface area contributed by atoms with Gasteiger partial charge in [-0.15, -0.1) is 0 Å². The highest BCUT2D eigenvalue weighted by atomic mass is 32.2. The Kier molecular flexibility index (Phi) is 7.88. The molecule has 36 heavy (non-hydrogen) atoms. The summed E-state index contributed by atoms with van der Waals surface area (Å²) in [6, 6.07) is 28.3. The van der Waals surface area contributed by atoms with Crippen molar-refractivity contribution in [2.45, 2.75) is 36.7 Å². The van der Waals surface area contributed by atoms with Crippen molar-refractivity contribution in [2.24, 2.45) is 10.9 Å². The molecule has 0 aliphatic carbocycles. The largest absolute Gasteiger partial charge is 0.380 e. The second-order valence-electron chi connectivity index (χ2n) is 9.02. The molecule has 0 saturated carbocycles. The van der Waals surface area contributed by atoms with Crippen LogP contribution in [0.5, 0.6) is 0 Å². The van der Waals surface area contributed by atoms with Gasteiger partial charge in [0.1, 0.15) is 11.4 Å². The van der Waals surface area contributed by atoms with E-state index in [-0.39, 0.29) is 23.0 Å². The summed E-state index contributed by atoms with van der Waals surface area (Å²) in [6.07, 6.45) is 1.62. The number of nitrogens with zero attached hydrogens (tertiary/aromatic N) is 3. The predicted molar refractivity (Wildman–Crippen MR) is 142 cm³/mol. The molecule has 186 valence electrons. The van der Waals surface area contributed by atoms with E-state index in [1.807, 2.05) is 60.7 Å². The molecule has 0 radical (unpaired) electrons. The lowest BCUT2D eigenvalue weighted by molar-refractivity contribution is -0.00665. The maximum Gasteiger partial charge on any atom is 0.178 e. The summed E-state index contributed by atoms with van der Waals surface area (Å²) in [5.74, 6) is 0.702. The summed E-state index contributed by atoms with van der Waals surface area (Å²) in [7, 11) is -3.28. The first-order chi connectivity index (χ1) is 17.4. The van der Waals surface area contributed by atoms with Gasteiger partial charge in [-0.3, -0.25) is 0 Å². The van der Waals surface area contributed by atoms with E-state index in [1.165, 1.54) is 0 Å². The first-order valence-corrected chi connectivity index (χ1v) is 13.9. The molecule has 0 atom stereocenters. The minimum Gasteiger partial charge on any atom is -0.380 e. The number of hydrogen-bond donors (Lipinski definition) is 1. The molecular formula is C29H31N3O3S.